The maximum absolute atomic E-state index is 4.10. The number of anilines is 1. The summed E-state index contributed by atoms with van der Waals surface area (Å²) in [6, 6.07) is 0. The number of aromatic nitrogens is 1. The summed E-state index contributed by atoms with van der Waals surface area (Å²) in [6.45, 7) is 1.93. The summed E-state index contributed by atoms with van der Waals surface area (Å²) in [4.78, 5) is 0. The molecule has 0 fully saturated rings. The Bertz CT molecular complexity index is 339. The van der Waals surface area contributed by atoms with E-state index in [9.17, 15) is 0 Å². The van der Waals surface area contributed by atoms with Gasteiger partial charge < -0.3 is 5.32 Å². The highest BCUT2D eigenvalue weighted by Crippen LogP contribution is 2.15. The van der Waals surface area contributed by atoms with Crippen LogP contribution in [0.5, 0.6) is 0 Å². The summed E-state index contributed by atoms with van der Waals surface area (Å²) in [5.41, 5.74) is 1.89. The molecular weight excluding hydrogens is 174 g/mol. The Morgan fingerprint density at radius 1 is 1.50 bits per heavy atom. The molecule has 1 aromatic heterocycles. The van der Waals surface area contributed by atoms with E-state index in [1.807, 2.05) is 12.3 Å². The van der Waals surface area contributed by atoms with Crippen molar-refractivity contribution in [3.8, 4) is 0 Å². The molecule has 0 saturated heterocycles. The average Bonchev–Trinajstić information content (AvgIpc) is 2.65. The SMILES string of the molecule is Cc1nscc1NC1=NN=C[N]1. The maximum atomic E-state index is 4.10. The largest absolute Gasteiger partial charge is 0.320 e. The van der Waals surface area contributed by atoms with E-state index in [1.54, 1.807) is 0 Å². The van der Waals surface area contributed by atoms with Crippen LogP contribution in [0.3, 0.4) is 0 Å². The van der Waals surface area contributed by atoms with Crippen molar-refractivity contribution in [3.05, 3.63) is 11.1 Å². The molecule has 0 atom stereocenters. The smallest absolute Gasteiger partial charge is 0.248 e. The van der Waals surface area contributed by atoms with Crippen LogP contribution in [0.2, 0.25) is 0 Å². The minimum absolute atomic E-state index is 0.512. The Kier molecular flexibility index (Phi) is 1.75. The molecule has 0 saturated carbocycles. The molecule has 6 heteroatoms. The van der Waals surface area contributed by atoms with Gasteiger partial charge in [0.2, 0.25) is 5.96 Å². The van der Waals surface area contributed by atoms with Crippen LogP contribution in [0, 0.1) is 6.92 Å². The first-order chi connectivity index (χ1) is 5.86. The summed E-state index contributed by atoms with van der Waals surface area (Å²) in [5, 5.41) is 16.1. The van der Waals surface area contributed by atoms with Gasteiger partial charge in [-0.25, -0.2) is 0 Å². The van der Waals surface area contributed by atoms with Gasteiger partial charge in [0.15, 0.2) is 0 Å². The van der Waals surface area contributed by atoms with Crippen molar-refractivity contribution in [2.75, 3.05) is 5.32 Å². The molecule has 1 aliphatic heterocycles. The van der Waals surface area contributed by atoms with Gasteiger partial charge in [-0.05, 0) is 18.5 Å². The third-order valence-electron chi connectivity index (χ3n) is 1.38. The molecule has 0 bridgehead atoms. The third kappa shape index (κ3) is 1.28. The van der Waals surface area contributed by atoms with Crippen LogP contribution < -0.4 is 10.6 Å². The Morgan fingerprint density at radius 3 is 3.00 bits per heavy atom. The minimum atomic E-state index is 0.512. The number of rotatable bonds is 1. The first-order valence-corrected chi connectivity index (χ1v) is 4.18. The van der Waals surface area contributed by atoms with E-state index in [4.69, 9.17) is 0 Å². The van der Waals surface area contributed by atoms with Crippen molar-refractivity contribution in [1.82, 2.24) is 9.69 Å². The van der Waals surface area contributed by atoms with Crippen molar-refractivity contribution in [1.29, 1.82) is 0 Å². The molecule has 0 unspecified atom stereocenters. The number of nitrogens with one attached hydrogen (secondary N) is 1. The van der Waals surface area contributed by atoms with Crippen molar-refractivity contribution in [2.24, 2.45) is 10.2 Å². The highest BCUT2D eigenvalue weighted by Gasteiger charge is 2.06. The van der Waals surface area contributed by atoms with Crippen molar-refractivity contribution in [3.63, 3.8) is 0 Å². The molecule has 12 heavy (non-hydrogen) atoms. The standard InChI is InChI=1S/C6H6N5S/c1-4-5(2-12-11-4)9-6-7-3-8-10-6/h2-3H,1H3,(H,9,10). The first-order valence-electron chi connectivity index (χ1n) is 3.34. The van der Waals surface area contributed by atoms with Gasteiger partial charge in [0.25, 0.3) is 0 Å². The van der Waals surface area contributed by atoms with Crippen molar-refractivity contribution >= 4 is 29.5 Å². The molecule has 2 heterocycles. The Hall–Kier alpha value is -1.43. The zero-order valence-electron chi connectivity index (χ0n) is 6.35. The predicted molar refractivity (Wildman–Crippen MR) is 48.5 cm³/mol. The molecule has 1 N–H and O–H groups in total. The molecule has 1 aromatic rings. The normalized spacial score (nSPS) is 14.2. The van der Waals surface area contributed by atoms with Crippen molar-refractivity contribution < 1.29 is 0 Å². The van der Waals surface area contributed by atoms with E-state index in [-0.39, 0.29) is 0 Å². The van der Waals surface area contributed by atoms with E-state index in [2.05, 4.69) is 25.2 Å². The molecule has 0 aliphatic carbocycles. The van der Waals surface area contributed by atoms with Crippen LogP contribution in [-0.4, -0.2) is 16.7 Å². The van der Waals surface area contributed by atoms with Gasteiger partial charge in [-0.1, -0.05) is 0 Å². The summed E-state index contributed by atoms with van der Waals surface area (Å²) >= 11 is 1.40. The molecule has 1 radical (unpaired) electrons. The van der Waals surface area contributed by atoms with Gasteiger partial charge in [0, 0.05) is 5.38 Å². The van der Waals surface area contributed by atoms with Gasteiger partial charge in [0.05, 0.1) is 11.4 Å². The summed E-state index contributed by atoms with van der Waals surface area (Å²) in [6.07, 6.45) is 1.40. The molecule has 0 aromatic carbocycles. The van der Waals surface area contributed by atoms with Gasteiger partial charge in [-0.3, -0.25) is 0 Å². The lowest BCUT2D eigenvalue weighted by Crippen LogP contribution is -2.19. The second-order valence-corrected chi connectivity index (χ2v) is 2.85. The molecular formula is C6H6N5S. The Labute approximate surface area is 73.4 Å². The number of hydrogen-bond acceptors (Lipinski definition) is 5. The molecule has 0 amide bonds. The van der Waals surface area contributed by atoms with E-state index >= 15 is 0 Å². The zero-order chi connectivity index (χ0) is 8.39. The quantitative estimate of drug-likeness (QED) is 0.694. The lowest BCUT2D eigenvalue weighted by atomic mass is 10.4. The lowest BCUT2D eigenvalue weighted by molar-refractivity contribution is 1.26. The number of aryl methyl sites for hydroxylation is 1. The zero-order valence-corrected chi connectivity index (χ0v) is 7.17. The molecule has 2 rings (SSSR count). The van der Waals surface area contributed by atoms with Gasteiger partial charge >= 0.3 is 0 Å². The minimum Gasteiger partial charge on any atom is -0.320 e. The van der Waals surface area contributed by atoms with Crippen LogP contribution >= 0.6 is 11.5 Å². The maximum Gasteiger partial charge on any atom is 0.248 e. The van der Waals surface area contributed by atoms with E-state index in [0.717, 1.165) is 11.4 Å². The predicted octanol–water partition coefficient (Wildman–Crippen LogP) is 0.781. The number of nitrogens with zero attached hydrogens (tertiary/aromatic N) is 4. The lowest BCUT2D eigenvalue weighted by Gasteiger charge is -1.99. The van der Waals surface area contributed by atoms with Crippen molar-refractivity contribution in [2.45, 2.75) is 6.92 Å². The number of guanidine groups is 1. The van der Waals surface area contributed by atoms with Gasteiger partial charge in [-0.2, -0.15) is 9.69 Å². The second-order valence-electron chi connectivity index (χ2n) is 2.22. The second kappa shape index (κ2) is 2.90. The number of hydrogen-bond donors (Lipinski definition) is 1. The average molecular weight is 180 g/mol. The molecule has 0 spiro atoms. The molecule has 61 valence electrons. The first kappa shape index (κ1) is 7.23. The highest BCUT2D eigenvalue weighted by molar-refractivity contribution is 7.04. The Balaban J connectivity index is 2.09. The van der Waals surface area contributed by atoms with Crippen LogP contribution in [0.15, 0.2) is 15.6 Å². The van der Waals surface area contributed by atoms with E-state index < -0.39 is 0 Å². The highest BCUT2D eigenvalue weighted by atomic mass is 32.1. The van der Waals surface area contributed by atoms with Crippen LogP contribution in [0.4, 0.5) is 5.69 Å². The summed E-state index contributed by atoms with van der Waals surface area (Å²) in [5.74, 6) is 0.512. The van der Waals surface area contributed by atoms with Gasteiger partial charge in [0.1, 0.15) is 6.34 Å². The van der Waals surface area contributed by atoms with Crippen LogP contribution in [-0.2, 0) is 0 Å². The Morgan fingerprint density at radius 2 is 2.42 bits per heavy atom. The molecule has 1 aliphatic rings. The topological polar surface area (TPSA) is 63.7 Å². The molecule has 5 nitrogen and oxygen atoms in total. The van der Waals surface area contributed by atoms with Gasteiger partial charge in [-0.15, -0.1) is 10.2 Å². The summed E-state index contributed by atoms with van der Waals surface area (Å²) < 4.78 is 4.10. The third-order valence-corrected chi connectivity index (χ3v) is 2.10. The van der Waals surface area contributed by atoms with Crippen LogP contribution in [0.25, 0.3) is 0 Å². The fourth-order valence-electron chi connectivity index (χ4n) is 0.777. The van der Waals surface area contributed by atoms with Crippen LogP contribution in [0.1, 0.15) is 5.69 Å². The summed E-state index contributed by atoms with van der Waals surface area (Å²) in [7, 11) is 0. The fourth-order valence-corrected chi connectivity index (χ4v) is 1.42. The monoisotopic (exact) mass is 180 g/mol. The van der Waals surface area contributed by atoms with E-state index in [0.29, 0.717) is 5.96 Å². The van der Waals surface area contributed by atoms with E-state index in [1.165, 1.54) is 17.9 Å². The fraction of sp³-hybridized carbons (Fsp3) is 0.167.